The molecular weight excluding hydrogens is 197 g/mol. The Balaban J connectivity index is 2.36. The van der Waals surface area contributed by atoms with Gasteiger partial charge in [-0.05, 0) is 25.1 Å². The Morgan fingerprint density at radius 3 is 3.07 bits per heavy atom. The molecule has 0 radical (unpaired) electrons. The van der Waals surface area contributed by atoms with Gasteiger partial charge in [-0.1, -0.05) is 11.2 Å². The van der Waals surface area contributed by atoms with E-state index in [9.17, 15) is 4.39 Å². The number of hydrogen-bond donors (Lipinski definition) is 1. The third kappa shape index (κ3) is 4.75. The topological polar surface area (TPSA) is 46.0 Å². The molecule has 15 heavy (non-hydrogen) atoms. The number of benzene rings is 1. The molecule has 5 heteroatoms. The Bertz CT molecular complexity index is 352. The second kappa shape index (κ2) is 6.53. The Hall–Kier alpha value is -1.91. The molecule has 0 aliphatic carbocycles. The summed E-state index contributed by atoms with van der Waals surface area (Å²) in [6.07, 6.45) is 2.82. The van der Waals surface area contributed by atoms with Crippen LogP contribution in [-0.4, -0.2) is 19.0 Å². The van der Waals surface area contributed by atoms with E-state index in [4.69, 9.17) is 4.84 Å². The van der Waals surface area contributed by atoms with Crippen molar-refractivity contribution in [2.24, 2.45) is 10.3 Å². The fourth-order valence-electron chi connectivity index (χ4n) is 0.848. The van der Waals surface area contributed by atoms with Crippen LogP contribution in [0.15, 0.2) is 34.5 Å². The molecule has 1 N–H and O–H groups in total. The van der Waals surface area contributed by atoms with Gasteiger partial charge in [-0.15, -0.1) is 0 Å². The highest BCUT2D eigenvalue weighted by molar-refractivity contribution is 6.15. The zero-order valence-corrected chi connectivity index (χ0v) is 8.35. The lowest BCUT2D eigenvalue weighted by atomic mass is 10.3. The van der Waals surface area contributed by atoms with Crippen LogP contribution in [0.2, 0.25) is 0 Å². The highest BCUT2D eigenvalue weighted by atomic mass is 19.1. The van der Waals surface area contributed by atoms with Crippen molar-refractivity contribution in [3.8, 4) is 0 Å². The predicted octanol–water partition coefficient (Wildman–Crippen LogP) is 2.25. The van der Waals surface area contributed by atoms with Crippen LogP contribution in [0.1, 0.15) is 6.92 Å². The van der Waals surface area contributed by atoms with Gasteiger partial charge in [-0.25, -0.2) is 4.39 Å². The maximum atomic E-state index is 12.7. The van der Waals surface area contributed by atoms with Crippen molar-refractivity contribution in [1.29, 1.82) is 0 Å². The molecule has 0 atom stereocenters. The monoisotopic (exact) mass is 209 g/mol. The average Bonchev–Trinajstić information content (AvgIpc) is 2.23. The minimum Gasteiger partial charge on any atom is -0.396 e. The summed E-state index contributed by atoms with van der Waals surface area (Å²) in [6, 6.07) is 6.02. The summed E-state index contributed by atoms with van der Waals surface area (Å²) >= 11 is 0. The summed E-state index contributed by atoms with van der Waals surface area (Å²) in [5.41, 5.74) is 3.22. The second-order valence-corrected chi connectivity index (χ2v) is 2.57. The summed E-state index contributed by atoms with van der Waals surface area (Å²) in [5.74, 6) is -0.307. The zero-order chi connectivity index (χ0) is 10.9. The smallest absolute Gasteiger partial charge is 0.125 e. The molecule has 0 spiro atoms. The van der Waals surface area contributed by atoms with Crippen molar-refractivity contribution in [1.82, 2.24) is 0 Å². The van der Waals surface area contributed by atoms with Crippen LogP contribution in [0.25, 0.3) is 0 Å². The lowest BCUT2D eigenvalue weighted by Crippen LogP contribution is -1.90. The normalized spacial score (nSPS) is 11.1. The molecule has 80 valence electrons. The Morgan fingerprint density at radius 2 is 2.33 bits per heavy atom. The van der Waals surface area contributed by atoms with Gasteiger partial charge in [0, 0.05) is 0 Å². The van der Waals surface area contributed by atoms with Gasteiger partial charge in [-0.3, -0.25) is 5.43 Å². The van der Waals surface area contributed by atoms with Gasteiger partial charge >= 0.3 is 0 Å². The van der Waals surface area contributed by atoms with Crippen LogP contribution in [0.4, 0.5) is 10.1 Å². The average molecular weight is 209 g/mol. The van der Waals surface area contributed by atoms with Crippen molar-refractivity contribution >= 4 is 18.1 Å². The van der Waals surface area contributed by atoms with E-state index in [1.807, 2.05) is 6.92 Å². The molecule has 0 fully saturated rings. The van der Waals surface area contributed by atoms with Gasteiger partial charge < -0.3 is 4.84 Å². The first-order chi connectivity index (χ1) is 7.33. The van der Waals surface area contributed by atoms with Crippen molar-refractivity contribution < 1.29 is 9.23 Å². The van der Waals surface area contributed by atoms with Gasteiger partial charge in [0.25, 0.3) is 0 Å². The van der Waals surface area contributed by atoms with Crippen LogP contribution in [0.3, 0.4) is 0 Å². The van der Waals surface area contributed by atoms with Gasteiger partial charge in [0.15, 0.2) is 0 Å². The number of nitrogens with zero attached hydrogens (tertiary/aromatic N) is 2. The van der Waals surface area contributed by atoms with Crippen LogP contribution >= 0.6 is 0 Å². The number of anilines is 1. The van der Waals surface area contributed by atoms with E-state index in [0.29, 0.717) is 12.3 Å². The predicted molar refractivity (Wildman–Crippen MR) is 58.6 cm³/mol. The highest BCUT2D eigenvalue weighted by Crippen LogP contribution is 2.08. The molecule has 0 heterocycles. The first-order valence-electron chi connectivity index (χ1n) is 4.51. The molecule has 4 nitrogen and oxygen atoms in total. The molecular formula is C10H12FN3O. The van der Waals surface area contributed by atoms with E-state index >= 15 is 0 Å². The Kier molecular flexibility index (Phi) is 4.86. The highest BCUT2D eigenvalue weighted by Gasteiger charge is 1.90. The standard InChI is InChI=1S/C10H12FN3O/c1-2-15-13-7-6-12-14-10-5-3-4-9(11)8-10/h3-8,14H,2H2,1H3/b12-6+,13-7+. The molecule has 1 aromatic rings. The molecule has 1 aromatic carbocycles. The third-order valence-corrected chi connectivity index (χ3v) is 1.42. The fraction of sp³-hybridized carbons (Fsp3) is 0.200. The number of rotatable bonds is 5. The molecule has 0 bridgehead atoms. The zero-order valence-electron chi connectivity index (χ0n) is 8.35. The summed E-state index contributed by atoms with van der Waals surface area (Å²) < 4.78 is 12.7. The van der Waals surface area contributed by atoms with E-state index in [1.54, 1.807) is 12.1 Å². The van der Waals surface area contributed by atoms with Gasteiger partial charge in [0.2, 0.25) is 0 Å². The Morgan fingerprint density at radius 1 is 1.47 bits per heavy atom. The van der Waals surface area contributed by atoms with E-state index < -0.39 is 0 Å². The number of hydrazone groups is 1. The number of oxime groups is 1. The van der Waals surface area contributed by atoms with Crippen molar-refractivity contribution in [3.05, 3.63) is 30.1 Å². The summed E-state index contributed by atoms with van der Waals surface area (Å²) in [4.78, 5) is 4.70. The Labute approximate surface area is 87.4 Å². The molecule has 0 aliphatic heterocycles. The molecule has 0 aliphatic rings. The van der Waals surface area contributed by atoms with E-state index in [0.717, 1.165) is 0 Å². The van der Waals surface area contributed by atoms with E-state index in [-0.39, 0.29) is 5.82 Å². The van der Waals surface area contributed by atoms with Crippen LogP contribution in [0.5, 0.6) is 0 Å². The SMILES string of the molecule is CCO/N=C/C=N/Nc1cccc(F)c1. The summed E-state index contributed by atoms with van der Waals surface area (Å²) in [5, 5.41) is 7.33. The van der Waals surface area contributed by atoms with Crippen molar-refractivity contribution in [2.75, 3.05) is 12.0 Å². The summed E-state index contributed by atoms with van der Waals surface area (Å²) in [6.45, 7) is 2.35. The minimum atomic E-state index is -0.307. The fourth-order valence-corrected chi connectivity index (χ4v) is 0.848. The van der Waals surface area contributed by atoms with Gasteiger partial charge in [0.05, 0.1) is 18.1 Å². The van der Waals surface area contributed by atoms with Gasteiger partial charge in [-0.2, -0.15) is 5.10 Å². The largest absolute Gasteiger partial charge is 0.396 e. The molecule has 0 saturated carbocycles. The molecule has 0 amide bonds. The molecule has 0 aromatic heterocycles. The number of hydrogen-bond acceptors (Lipinski definition) is 4. The van der Waals surface area contributed by atoms with Gasteiger partial charge in [0.1, 0.15) is 12.4 Å². The van der Waals surface area contributed by atoms with Crippen molar-refractivity contribution in [3.63, 3.8) is 0 Å². The first-order valence-corrected chi connectivity index (χ1v) is 4.51. The number of halogens is 1. The number of nitrogens with one attached hydrogen (secondary N) is 1. The second-order valence-electron chi connectivity index (χ2n) is 2.57. The lowest BCUT2D eigenvalue weighted by molar-refractivity contribution is 0.161. The maximum Gasteiger partial charge on any atom is 0.125 e. The minimum absolute atomic E-state index is 0.307. The van der Waals surface area contributed by atoms with Crippen LogP contribution in [-0.2, 0) is 4.84 Å². The molecule has 1 rings (SSSR count). The lowest BCUT2D eigenvalue weighted by Gasteiger charge is -1.97. The van der Waals surface area contributed by atoms with Crippen molar-refractivity contribution in [2.45, 2.75) is 6.92 Å². The van der Waals surface area contributed by atoms with Crippen LogP contribution in [0, 0.1) is 5.82 Å². The molecule has 0 unspecified atom stereocenters. The van der Waals surface area contributed by atoms with Crippen LogP contribution < -0.4 is 5.43 Å². The maximum absolute atomic E-state index is 12.7. The molecule has 0 saturated heterocycles. The van der Waals surface area contributed by atoms with E-state index in [2.05, 4.69) is 15.7 Å². The third-order valence-electron chi connectivity index (χ3n) is 1.42. The van der Waals surface area contributed by atoms with E-state index in [1.165, 1.54) is 24.6 Å². The summed E-state index contributed by atoms with van der Waals surface area (Å²) in [7, 11) is 0. The quantitative estimate of drug-likeness (QED) is 0.597. The first kappa shape index (κ1) is 11.2.